The first-order chi connectivity index (χ1) is 10.1. The minimum absolute atomic E-state index is 0.200. The number of amides is 1. The van der Waals surface area contributed by atoms with Gasteiger partial charge in [-0.1, -0.05) is 36.7 Å². The molecule has 0 atom stereocenters. The highest BCUT2D eigenvalue weighted by molar-refractivity contribution is 6.30. The molecule has 108 valence electrons. The second-order valence-corrected chi connectivity index (χ2v) is 5.08. The highest BCUT2D eigenvalue weighted by Crippen LogP contribution is 2.18. The fraction of sp³-hybridized carbons (Fsp3) is 0.118. The number of halogens is 1. The van der Waals surface area contributed by atoms with E-state index in [0.717, 1.165) is 17.5 Å². The zero-order chi connectivity index (χ0) is 15.2. The third-order valence-corrected chi connectivity index (χ3v) is 3.34. The van der Waals surface area contributed by atoms with Crippen molar-refractivity contribution >= 4 is 35.0 Å². The predicted molar refractivity (Wildman–Crippen MR) is 89.3 cm³/mol. The van der Waals surface area contributed by atoms with Gasteiger partial charge in [0.15, 0.2) is 0 Å². The molecule has 0 aliphatic rings. The molecule has 3 N–H and O–H groups in total. The van der Waals surface area contributed by atoms with Crippen LogP contribution in [0.2, 0.25) is 5.02 Å². The normalized spacial score (nSPS) is 10.8. The lowest BCUT2D eigenvalue weighted by atomic mass is 10.1. The molecule has 0 aromatic heterocycles. The average molecular weight is 301 g/mol. The summed E-state index contributed by atoms with van der Waals surface area (Å²) in [5, 5.41) is 3.45. The van der Waals surface area contributed by atoms with E-state index < -0.39 is 0 Å². The quantitative estimate of drug-likeness (QED) is 0.658. The molecule has 21 heavy (non-hydrogen) atoms. The Balaban J connectivity index is 2.01. The zero-order valence-electron chi connectivity index (χ0n) is 11.8. The number of nitrogen functional groups attached to an aromatic ring is 1. The molecule has 0 bridgehead atoms. The Kier molecular flexibility index (Phi) is 5.01. The number of carbonyl (C=O) groups is 1. The average Bonchev–Trinajstić information content (AvgIpc) is 2.47. The highest BCUT2D eigenvalue weighted by Gasteiger charge is 2.01. The smallest absolute Gasteiger partial charge is 0.248 e. The Bertz CT molecular complexity index is 663. The van der Waals surface area contributed by atoms with Crippen LogP contribution in [0.4, 0.5) is 11.4 Å². The van der Waals surface area contributed by atoms with Gasteiger partial charge in [-0.2, -0.15) is 0 Å². The van der Waals surface area contributed by atoms with Crippen LogP contribution in [0.25, 0.3) is 6.08 Å². The molecule has 0 saturated heterocycles. The fourth-order valence-corrected chi connectivity index (χ4v) is 2.05. The molecule has 2 aromatic carbocycles. The second kappa shape index (κ2) is 6.95. The molecule has 3 nitrogen and oxygen atoms in total. The predicted octanol–water partition coefficient (Wildman–Crippen LogP) is 4.14. The summed E-state index contributed by atoms with van der Waals surface area (Å²) in [7, 11) is 0. The number of carbonyl (C=O) groups excluding carboxylic acids is 1. The van der Waals surface area contributed by atoms with Crippen molar-refractivity contribution in [2.24, 2.45) is 0 Å². The van der Waals surface area contributed by atoms with Crippen LogP contribution >= 0.6 is 11.6 Å². The van der Waals surface area contributed by atoms with Gasteiger partial charge < -0.3 is 11.1 Å². The van der Waals surface area contributed by atoms with Gasteiger partial charge in [-0.05, 0) is 47.9 Å². The van der Waals surface area contributed by atoms with Crippen LogP contribution < -0.4 is 11.1 Å². The molecule has 1 amide bonds. The largest absolute Gasteiger partial charge is 0.398 e. The summed E-state index contributed by atoms with van der Waals surface area (Å²) >= 11 is 5.81. The molecule has 0 spiro atoms. The van der Waals surface area contributed by atoms with Crippen molar-refractivity contribution in [2.75, 3.05) is 11.1 Å². The van der Waals surface area contributed by atoms with E-state index in [9.17, 15) is 4.79 Å². The number of aryl methyl sites for hydroxylation is 1. The van der Waals surface area contributed by atoms with Crippen molar-refractivity contribution < 1.29 is 4.79 Å². The monoisotopic (exact) mass is 300 g/mol. The van der Waals surface area contributed by atoms with Crippen molar-refractivity contribution in [3.8, 4) is 0 Å². The highest BCUT2D eigenvalue weighted by atomic mass is 35.5. The van der Waals surface area contributed by atoms with Crippen molar-refractivity contribution in [1.29, 1.82) is 0 Å². The van der Waals surface area contributed by atoms with Crippen LogP contribution in [0.1, 0.15) is 18.1 Å². The summed E-state index contributed by atoms with van der Waals surface area (Å²) in [6, 6.07) is 12.8. The van der Waals surface area contributed by atoms with Crippen molar-refractivity contribution in [3.05, 3.63) is 64.7 Å². The van der Waals surface area contributed by atoms with Crippen LogP contribution in [0.3, 0.4) is 0 Å². The molecule has 2 aromatic rings. The lowest BCUT2D eigenvalue weighted by Gasteiger charge is -2.07. The maximum Gasteiger partial charge on any atom is 0.248 e. The molecule has 0 fully saturated rings. The Morgan fingerprint density at radius 1 is 1.24 bits per heavy atom. The molecule has 0 heterocycles. The van der Waals surface area contributed by atoms with Gasteiger partial charge in [-0.25, -0.2) is 0 Å². The summed E-state index contributed by atoms with van der Waals surface area (Å²) < 4.78 is 0. The second-order valence-electron chi connectivity index (χ2n) is 4.64. The number of anilines is 2. The molecule has 0 aliphatic heterocycles. The van der Waals surface area contributed by atoms with Crippen molar-refractivity contribution in [1.82, 2.24) is 0 Å². The summed E-state index contributed by atoms with van der Waals surface area (Å²) in [6.07, 6.45) is 4.08. The van der Waals surface area contributed by atoms with E-state index in [1.165, 1.54) is 6.08 Å². The standard InChI is InChI=1S/C17H17ClN2O/c1-2-13-6-9-15(11-16(13)19)20-17(21)10-5-12-3-7-14(18)8-4-12/h3-11H,2,19H2,1H3,(H,20,21)/b10-5+. The summed E-state index contributed by atoms with van der Waals surface area (Å²) in [5.41, 5.74) is 9.27. The Hall–Kier alpha value is -2.26. The number of hydrogen-bond donors (Lipinski definition) is 2. The van der Waals surface area contributed by atoms with E-state index in [2.05, 4.69) is 5.32 Å². The minimum Gasteiger partial charge on any atom is -0.398 e. The maximum atomic E-state index is 11.9. The number of nitrogens with one attached hydrogen (secondary N) is 1. The Labute approximate surface area is 129 Å². The first-order valence-corrected chi connectivity index (χ1v) is 7.09. The fourth-order valence-electron chi connectivity index (χ4n) is 1.92. The first-order valence-electron chi connectivity index (χ1n) is 6.71. The number of rotatable bonds is 4. The number of hydrogen-bond acceptors (Lipinski definition) is 2. The van der Waals surface area contributed by atoms with Gasteiger partial charge >= 0.3 is 0 Å². The molecule has 0 aliphatic carbocycles. The van der Waals surface area contributed by atoms with E-state index in [1.54, 1.807) is 24.3 Å². The van der Waals surface area contributed by atoms with Gasteiger partial charge in [0.1, 0.15) is 0 Å². The summed E-state index contributed by atoms with van der Waals surface area (Å²) in [4.78, 5) is 11.9. The van der Waals surface area contributed by atoms with Gasteiger partial charge in [-0.3, -0.25) is 4.79 Å². The van der Waals surface area contributed by atoms with Crippen LogP contribution in [-0.2, 0) is 11.2 Å². The molecular weight excluding hydrogens is 284 g/mol. The molecule has 2 rings (SSSR count). The van der Waals surface area contributed by atoms with Crippen LogP contribution in [0, 0.1) is 0 Å². The van der Waals surface area contributed by atoms with E-state index in [1.807, 2.05) is 31.2 Å². The maximum absolute atomic E-state index is 11.9. The Morgan fingerprint density at radius 3 is 2.57 bits per heavy atom. The molecule has 0 saturated carbocycles. The molecule has 0 radical (unpaired) electrons. The summed E-state index contributed by atoms with van der Waals surface area (Å²) in [6.45, 7) is 2.04. The SMILES string of the molecule is CCc1ccc(NC(=O)/C=C/c2ccc(Cl)cc2)cc1N. The van der Waals surface area contributed by atoms with Crippen LogP contribution in [-0.4, -0.2) is 5.91 Å². The van der Waals surface area contributed by atoms with Gasteiger partial charge in [0.05, 0.1) is 0 Å². The lowest BCUT2D eigenvalue weighted by molar-refractivity contribution is -0.111. The Morgan fingerprint density at radius 2 is 1.95 bits per heavy atom. The van der Waals surface area contributed by atoms with E-state index in [4.69, 9.17) is 17.3 Å². The van der Waals surface area contributed by atoms with E-state index in [0.29, 0.717) is 16.4 Å². The minimum atomic E-state index is -0.200. The van der Waals surface area contributed by atoms with Crippen LogP contribution in [0.15, 0.2) is 48.5 Å². The van der Waals surface area contributed by atoms with Crippen LogP contribution in [0.5, 0.6) is 0 Å². The van der Waals surface area contributed by atoms with Gasteiger partial charge in [0.2, 0.25) is 5.91 Å². The molecule has 4 heteroatoms. The topological polar surface area (TPSA) is 55.1 Å². The van der Waals surface area contributed by atoms with Crippen molar-refractivity contribution in [3.63, 3.8) is 0 Å². The summed E-state index contributed by atoms with van der Waals surface area (Å²) in [5.74, 6) is -0.200. The van der Waals surface area contributed by atoms with Gasteiger partial charge in [-0.15, -0.1) is 0 Å². The third-order valence-electron chi connectivity index (χ3n) is 3.09. The van der Waals surface area contributed by atoms with Gasteiger partial charge in [0.25, 0.3) is 0 Å². The first kappa shape index (κ1) is 15.1. The number of nitrogens with two attached hydrogens (primary N) is 1. The van der Waals surface area contributed by atoms with E-state index >= 15 is 0 Å². The van der Waals surface area contributed by atoms with E-state index in [-0.39, 0.29) is 5.91 Å². The molecular formula is C17H17ClN2O. The lowest BCUT2D eigenvalue weighted by Crippen LogP contribution is -2.08. The molecule has 0 unspecified atom stereocenters. The van der Waals surface area contributed by atoms with Crippen molar-refractivity contribution in [2.45, 2.75) is 13.3 Å². The zero-order valence-corrected chi connectivity index (χ0v) is 12.5. The van der Waals surface area contributed by atoms with Gasteiger partial charge in [0, 0.05) is 22.5 Å². The third kappa shape index (κ3) is 4.36. The number of benzene rings is 2.